The fourth-order valence-electron chi connectivity index (χ4n) is 2.06. The first kappa shape index (κ1) is 15.4. The van der Waals surface area contributed by atoms with Crippen LogP contribution in [0.3, 0.4) is 0 Å². The standard InChI is InChI=1S/C14H23O3P/c1-12-8-9-13(2)14(11-12)7-5-3-4-6-10-18(15,16)17/h8-9,11H,3-7,10H2,1-2H3,(H2,15,16,17). The highest BCUT2D eigenvalue weighted by Crippen LogP contribution is 2.35. The highest BCUT2D eigenvalue weighted by atomic mass is 31.2. The minimum absolute atomic E-state index is 0.0243. The Morgan fingerprint density at radius 3 is 2.39 bits per heavy atom. The minimum atomic E-state index is -3.79. The summed E-state index contributed by atoms with van der Waals surface area (Å²) in [7, 11) is -3.79. The molecule has 2 N–H and O–H groups in total. The van der Waals surface area contributed by atoms with Crippen LogP contribution in [0.25, 0.3) is 0 Å². The van der Waals surface area contributed by atoms with Crippen LogP contribution in [0.5, 0.6) is 0 Å². The van der Waals surface area contributed by atoms with E-state index >= 15 is 0 Å². The van der Waals surface area contributed by atoms with E-state index in [0.29, 0.717) is 6.42 Å². The average Bonchev–Trinajstić information content (AvgIpc) is 2.26. The van der Waals surface area contributed by atoms with Gasteiger partial charge in [0.1, 0.15) is 0 Å². The molecule has 3 nitrogen and oxygen atoms in total. The lowest BCUT2D eigenvalue weighted by atomic mass is 10.00. The molecule has 0 atom stereocenters. The molecule has 102 valence electrons. The Kier molecular flexibility index (Phi) is 6.07. The Hall–Kier alpha value is -0.630. The Morgan fingerprint density at radius 2 is 1.72 bits per heavy atom. The third-order valence-electron chi connectivity index (χ3n) is 3.15. The molecule has 0 aliphatic rings. The number of unbranched alkanes of at least 4 members (excludes halogenated alkanes) is 3. The van der Waals surface area contributed by atoms with Crippen molar-refractivity contribution in [3.05, 3.63) is 34.9 Å². The molecule has 0 spiro atoms. The Labute approximate surface area is 109 Å². The second-order valence-electron chi connectivity index (χ2n) is 4.98. The van der Waals surface area contributed by atoms with E-state index in [1.807, 2.05) is 0 Å². The summed E-state index contributed by atoms with van der Waals surface area (Å²) in [4.78, 5) is 17.5. The molecule has 4 heteroatoms. The van der Waals surface area contributed by atoms with Gasteiger partial charge < -0.3 is 9.79 Å². The molecule has 0 saturated heterocycles. The van der Waals surface area contributed by atoms with Gasteiger partial charge in [-0.15, -0.1) is 0 Å². The summed E-state index contributed by atoms with van der Waals surface area (Å²) in [6, 6.07) is 6.50. The van der Waals surface area contributed by atoms with Crippen molar-refractivity contribution in [1.29, 1.82) is 0 Å². The second-order valence-corrected chi connectivity index (χ2v) is 6.76. The van der Waals surface area contributed by atoms with Gasteiger partial charge in [-0.3, -0.25) is 4.57 Å². The lowest BCUT2D eigenvalue weighted by Crippen LogP contribution is -1.92. The van der Waals surface area contributed by atoms with Crippen molar-refractivity contribution >= 4 is 7.60 Å². The maximum atomic E-state index is 10.7. The number of rotatable bonds is 7. The van der Waals surface area contributed by atoms with Gasteiger partial charge in [0, 0.05) is 6.16 Å². The molecule has 0 aromatic heterocycles. The first-order valence-electron chi connectivity index (χ1n) is 6.49. The van der Waals surface area contributed by atoms with Crippen LogP contribution in [0.15, 0.2) is 18.2 Å². The van der Waals surface area contributed by atoms with E-state index < -0.39 is 7.60 Å². The molecule has 1 aromatic rings. The SMILES string of the molecule is Cc1ccc(C)c(CCCCCCP(=O)(O)O)c1. The average molecular weight is 270 g/mol. The predicted molar refractivity (Wildman–Crippen MR) is 75.0 cm³/mol. The summed E-state index contributed by atoms with van der Waals surface area (Å²) in [5.74, 6) is 0. The van der Waals surface area contributed by atoms with Gasteiger partial charge in [0.15, 0.2) is 0 Å². The van der Waals surface area contributed by atoms with E-state index in [1.165, 1.54) is 16.7 Å². The van der Waals surface area contributed by atoms with Crippen molar-refractivity contribution in [2.24, 2.45) is 0 Å². The van der Waals surface area contributed by atoms with E-state index in [4.69, 9.17) is 9.79 Å². The zero-order valence-corrected chi connectivity index (χ0v) is 12.1. The van der Waals surface area contributed by atoms with Crippen molar-refractivity contribution in [1.82, 2.24) is 0 Å². The largest absolute Gasteiger partial charge is 0.325 e. The summed E-state index contributed by atoms with van der Waals surface area (Å²) >= 11 is 0. The van der Waals surface area contributed by atoms with Crippen LogP contribution in [0, 0.1) is 13.8 Å². The summed E-state index contributed by atoms with van der Waals surface area (Å²) in [5.41, 5.74) is 4.01. The monoisotopic (exact) mass is 270 g/mol. The third-order valence-corrected chi connectivity index (χ3v) is 4.05. The van der Waals surface area contributed by atoms with Crippen LogP contribution in [0.2, 0.25) is 0 Å². The van der Waals surface area contributed by atoms with Gasteiger partial charge in [-0.2, -0.15) is 0 Å². The van der Waals surface area contributed by atoms with Crippen molar-refractivity contribution < 1.29 is 14.4 Å². The fourth-order valence-corrected chi connectivity index (χ4v) is 2.69. The Balaban J connectivity index is 2.22. The lowest BCUT2D eigenvalue weighted by molar-refractivity contribution is 0.370. The molecular weight excluding hydrogens is 247 g/mol. The highest BCUT2D eigenvalue weighted by Gasteiger charge is 2.10. The first-order chi connectivity index (χ1) is 8.38. The van der Waals surface area contributed by atoms with Crippen molar-refractivity contribution in [3.63, 3.8) is 0 Å². The van der Waals surface area contributed by atoms with Gasteiger partial charge in [-0.05, 0) is 44.2 Å². The van der Waals surface area contributed by atoms with Crippen molar-refractivity contribution in [3.8, 4) is 0 Å². The number of aryl methyl sites for hydroxylation is 3. The van der Waals surface area contributed by atoms with Crippen molar-refractivity contribution in [2.75, 3.05) is 6.16 Å². The molecule has 0 unspecified atom stereocenters. The smallest absolute Gasteiger partial charge is 0.324 e. The maximum absolute atomic E-state index is 10.7. The van der Waals surface area contributed by atoms with Gasteiger partial charge >= 0.3 is 7.60 Å². The van der Waals surface area contributed by atoms with Crippen LogP contribution in [0.4, 0.5) is 0 Å². The van der Waals surface area contributed by atoms with E-state index in [1.54, 1.807) is 0 Å². The summed E-state index contributed by atoms with van der Waals surface area (Å²) in [6.07, 6.45) is 4.73. The van der Waals surface area contributed by atoms with Crippen LogP contribution < -0.4 is 0 Å². The quantitative estimate of drug-likeness (QED) is 0.588. The molecule has 0 bridgehead atoms. The first-order valence-corrected chi connectivity index (χ1v) is 8.29. The predicted octanol–water partition coefficient (Wildman–Crippen LogP) is 3.58. The van der Waals surface area contributed by atoms with Gasteiger partial charge in [0.05, 0.1) is 0 Å². The molecule has 0 saturated carbocycles. The normalized spacial score (nSPS) is 11.8. The van der Waals surface area contributed by atoms with E-state index in [9.17, 15) is 4.57 Å². The summed E-state index contributed by atoms with van der Waals surface area (Å²) in [6.45, 7) is 4.23. The Bertz CT molecular complexity index is 423. The van der Waals surface area contributed by atoms with Gasteiger partial charge in [-0.1, -0.05) is 36.6 Å². The van der Waals surface area contributed by atoms with Crippen molar-refractivity contribution in [2.45, 2.75) is 46.0 Å². The van der Waals surface area contributed by atoms with Gasteiger partial charge in [-0.25, -0.2) is 0 Å². The maximum Gasteiger partial charge on any atom is 0.325 e. The van der Waals surface area contributed by atoms with Crippen LogP contribution in [-0.4, -0.2) is 15.9 Å². The number of hydrogen-bond donors (Lipinski definition) is 2. The van der Waals surface area contributed by atoms with Crippen LogP contribution >= 0.6 is 7.60 Å². The lowest BCUT2D eigenvalue weighted by Gasteiger charge is -2.07. The second kappa shape index (κ2) is 7.08. The van der Waals surface area contributed by atoms with Crippen LogP contribution in [0.1, 0.15) is 42.4 Å². The number of benzene rings is 1. The molecule has 18 heavy (non-hydrogen) atoms. The molecule has 1 rings (SSSR count). The van der Waals surface area contributed by atoms with Crippen LogP contribution in [-0.2, 0) is 11.0 Å². The highest BCUT2D eigenvalue weighted by molar-refractivity contribution is 7.51. The summed E-state index contributed by atoms with van der Waals surface area (Å²) in [5, 5.41) is 0. The fraction of sp³-hybridized carbons (Fsp3) is 0.571. The van der Waals surface area contributed by atoms with E-state index in [0.717, 1.165) is 25.7 Å². The number of hydrogen-bond acceptors (Lipinski definition) is 1. The summed E-state index contributed by atoms with van der Waals surface area (Å²) < 4.78 is 10.7. The topological polar surface area (TPSA) is 57.5 Å². The molecule has 0 amide bonds. The van der Waals surface area contributed by atoms with Gasteiger partial charge in [0.2, 0.25) is 0 Å². The van der Waals surface area contributed by atoms with Gasteiger partial charge in [0.25, 0.3) is 0 Å². The third kappa shape index (κ3) is 6.34. The molecule has 0 aliphatic carbocycles. The zero-order chi connectivity index (χ0) is 13.6. The molecule has 0 fully saturated rings. The van der Waals surface area contributed by atoms with E-state index in [-0.39, 0.29) is 6.16 Å². The molecule has 0 aliphatic heterocycles. The molecular formula is C14H23O3P. The molecule has 0 heterocycles. The zero-order valence-electron chi connectivity index (χ0n) is 11.2. The minimum Gasteiger partial charge on any atom is -0.324 e. The Morgan fingerprint density at radius 1 is 1.06 bits per heavy atom. The molecule has 0 radical (unpaired) electrons. The van der Waals surface area contributed by atoms with E-state index in [2.05, 4.69) is 32.0 Å². The molecule has 1 aromatic carbocycles.